The lowest BCUT2D eigenvalue weighted by atomic mass is 10.3. The fourth-order valence-corrected chi connectivity index (χ4v) is 1.38. The highest BCUT2D eigenvalue weighted by molar-refractivity contribution is 9.10. The van der Waals surface area contributed by atoms with Crippen LogP contribution in [0.15, 0.2) is 22.7 Å². The second-order valence-electron chi connectivity index (χ2n) is 2.49. The first kappa shape index (κ1) is 9.85. The van der Waals surface area contributed by atoms with Gasteiger partial charge >= 0.3 is 5.97 Å². The number of aliphatic carboxylic acids is 1. The zero-order valence-electron chi connectivity index (χ0n) is 6.75. The molecular weight excluding hydrogens is 236 g/mol. The lowest BCUT2D eigenvalue weighted by Gasteiger charge is -2.06. The van der Waals surface area contributed by atoms with Crippen molar-refractivity contribution in [2.75, 3.05) is 17.6 Å². The quantitative estimate of drug-likeness (QED) is 0.706. The fourth-order valence-electron chi connectivity index (χ4n) is 0.846. The predicted octanol–water partition coefficient (Wildman–Crippen LogP) is 1.53. The number of nitrogens with one attached hydrogen (secondary N) is 1. The van der Waals surface area contributed by atoms with Crippen molar-refractivity contribution in [1.82, 2.24) is 0 Å². The molecule has 0 atom stereocenters. The molecule has 0 heterocycles. The molecule has 0 bridgehead atoms. The SMILES string of the molecule is Nc1ccc(NCC(=O)O)c(Br)c1. The summed E-state index contributed by atoms with van der Waals surface area (Å²) in [6.07, 6.45) is 0. The topological polar surface area (TPSA) is 75.3 Å². The van der Waals surface area contributed by atoms with E-state index in [0.717, 1.165) is 10.2 Å². The molecule has 4 N–H and O–H groups in total. The first-order chi connectivity index (χ1) is 6.09. The third kappa shape index (κ3) is 2.95. The average Bonchev–Trinajstić information content (AvgIpc) is 2.02. The Morgan fingerprint density at radius 3 is 2.85 bits per heavy atom. The average molecular weight is 245 g/mol. The van der Waals surface area contributed by atoms with E-state index in [2.05, 4.69) is 21.2 Å². The Morgan fingerprint density at radius 2 is 2.31 bits per heavy atom. The molecule has 0 aliphatic heterocycles. The highest BCUT2D eigenvalue weighted by Gasteiger charge is 2.01. The Balaban J connectivity index is 2.72. The fraction of sp³-hybridized carbons (Fsp3) is 0.125. The number of hydrogen-bond acceptors (Lipinski definition) is 3. The molecule has 0 aliphatic rings. The van der Waals surface area contributed by atoms with Crippen LogP contribution in [0.4, 0.5) is 11.4 Å². The van der Waals surface area contributed by atoms with Gasteiger partial charge in [-0.1, -0.05) is 0 Å². The van der Waals surface area contributed by atoms with Crippen molar-refractivity contribution in [3.8, 4) is 0 Å². The van der Waals surface area contributed by atoms with Crippen LogP contribution in [0, 0.1) is 0 Å². The van der Waals surface area contributed by atoms with Crippen molar-refractivity contribution < 1.29 is 9.90 Å². The molecule has 0 saturated carbocycles. The number of nitrogen functional groups attached to an aromatic ring is 1. The van der Waals surface area contributed by atoms with Crippen molar-refractivity contribution >= 4 is 33.3 Å². The summed E-state index contributed by atoms with van der Waals surface area (Å²) in [5.41, 5.74) is 6.86. The molecule has 13 heavy (non-hydrogen) atoms. The maximum absolute atomic E-state index is 10.2. The van der Waals surface area contributed by atoms with Crippen LogP contribution in [-0.4, -0.2) is 17.6 Å². The first-order valence-corrected chi connectivity index (χ1v) is 4.39. The zero-order chi connectivity index (χ0) is 9.84. The lowest BCUT2D eigenvalue weighted by Crippen LogP contribution is -2.12. The summed E-state index contributed by atoms with van der Waals surface area (Å²) in [6, 6.07) is 5.14. The van der Waals surface area contributed by atoms with Crippen molar-refractivity contribution in [2.24, 2.45) is 0 Å². The highest BCUT2D eigenvalue weighted by atomic mass is 79.9. The molecule has 0 fully saturated rings. The van der Waals surface area contributed by atoms with Crippen molar-refractivity contribution in [3.63, 3.8) is 0 Å². The molecule has 70 valence electrons. The van der Waals surface area contributed by atoms with E-state index in [1.807, 2.05) is 0 Å². The van der Waals surface area contributed by atoms with Gasteiger partial charge in [-0.05, 0) is 34.1 Å². The Bertz CT molecular complexity index is 328. The normalized spacial score (nSPS) is 9.62. The molecule has 4 nitrogen and oxygen atoms in total. The van der Waals surface area contributed by atoms with E-state index in [-0.39, 0.29) is 6.54 Å². The number of rotatable bonds is 3. The van der Waals surface area contributed by atoms with Crippen molar-refractivity contribution in [1.29, 1.82) is 0 Å². The van der Waals surface area contributed by atoms with Crippen LogP contribution >= 0.6 is 15.9 Å². The third-order valence-corrected chi connectivity index (χ3v) is 2.08. The molecule has 0 amide bonds. The number of anilines is 2. The second-order valence-corrected chi connectivity index (χ2v) is 3.34. The second kappa shape index (κ2) is 4.13. The third-order valence-electron chi connectivity index (χ3n) is 1.42. The Labute approximate surface area is 83.9 Å². The molecule has 5 heteroatoms. The number of hydrogen-bond donors (Lipinski definition) is 3. The van der Waals surface area contributed by atoms with Crippen LogP contribution in [-0.2, 0) is 4.79 Å². The summed E-state index contributed by atoms with van der Waals surface area (Å²) in [5.74, 6) is -0.899. The summed E-state index contributed by atoms with van der Waals surface area (Å²) in [6.45, 7) is -0.109. The number of nitrogens with two attached hydrogens (primary N) is 1. The van der Waals surface area contributed by atoms with Crippen LogP contribution in [0.25, 0.3) is 0 Å². The highest BCUT2D eigenvalue weighted by Crippen LogP contribution is 2.24. The molecule has 0 spiro atoms. The molecule has 0 aromatic heterocycles. The van der Waals surface area contributed by atoms with Gasteiger partial charge in [-0.3, -0.25) is 4.79 Å². The number of carbonyl (C=O) groups is 1. The van der Waals surface area contributed by atoms with Gasteiger partial charge < -0.3 is 16.2 Å². The molecule has 1 rings (SSSR count). The van der Waals surface area contributed by atoms with E-state index in [0.29, 0.717) is 5.69 Å². The minimum absolute atomic E-state index is 0.109. The van der Waals surface area contributed by atoms with Crippen molar-refractivity contribution in [2.45, 2.75) is 0 Å². The summed E-state index contributed by atoms with van der Waals surface area (Å²) >= 11 is 3.26. The number of benzene rings is 1. The van der Waals surface area contributed by atoms with Crippen LogP contribution in [0.5, 0.6) is 0 Å². The minimum atomic E-state index is -0.899. The number of carboxylic acids is 1. The molecule has 1 aromatic carbocycles. The molecular formula is C8H9BrN2O2. The molecule has 1 aromatic rings. The van der Waals surface area contributed by atoms with Gasteiger partial charge in [0.25, 0.3) is 0 Å². The van der Waals surface area contributed by atoms with Gasteiger partial charge in [0.1, 0.15) is 6.54 Å². The molecule has 0 saturated heterocycles. The Hall–Kier alpha value is -1.23. The van der Waals surface area contributed by atoms with E-state index in [4.69, 9.17) is 10.8 Å². The first-order valence-electron chi connectivity index (χ1n) is 3.60. The molecule has 0 radical (unpaired) electrons. The number of carboxylic acid groups (broad SMARTS) is 1. The maximum Gasteiger partial charge on any atom is 0.322 e. The van der Waals surface area contributed by atoms with Crippen LogP contribution in [0.3, 0.4) is 0 Å². The minimum Gasteiger partial charge on any atom is -0.480 e. The summed E-state index contributed by atoms with van der Waals surface area (Å²) in [5, 5.41) is 11.2. The largest absolute Gasteiger partial charge is 0.480 e. The van der Waals surface area contributed by atoms with Crippen molar-refractivity contribution in [3.05, 3.63) is 22.7 Å². The monoisotopic (exact) mass is 244 g/mol. The summed E-state index contributed by atoms with van der Waals surface area (Å²) in [7, 11) is 0. The van der Waals surface area contributed by atoms with E-state index in [1.54, 1.807) is 18.2 Å². The molecule has 0 unspecified atom stereocenters. The molecule has 0 aliphatic carbocycles. The van der Waals surface area contributed by atoms with Gasteiger partial charge in [0.2, 0.25) is 0 Å². The Kier molecular flexibility index (Phi) is 3.13. The van der Waals surface area contributed by atoms with E-state index >= 15 is 0 Å². The van der Waals surface area contributed by atoms with Crippen LogP contribution < -0.4 is 11.1 Å². The van der Waals surface area contributed by atoms with E-state index in [9.17, 15) is 4.79 Å². The van der Waals surface area contributed by atoms with E-state index in [1.165, 1.54) is 0 Å². The van der Waals surface area contributed by atoms with E-state index < -0.39 is 5.97 Å². The summed E-state index contributed by atoms with van der Waals surface area (Å²) in [4.78, 5) is 10.2. The van der Waals surface area contributed by atoms with Gasteiger partial charge in [0.15, 0.2) is 0 Å². The standard InChI is InChI=1S/C8H9BrN2O2/c9-6-3-5(10)1-2-7(6)11-4-8(12)13/h1-3,11H,4,10H2,(H,12,13). The number of halogens is 1. The Morgan fingerprint density at radius 1 is 1.62 bits per heavy atom. The van der Waals surface area contributed by atoms with Gasteiger partial charge in [0, 0.05) is 15.8 Å². The van der Waals surface area contributed by atoms with Gasteiger partial charge in [-0.25, -0.2) is 0 Å². The van der Waals surface area contributed by atoms with Gasteiger partial charge in [0.05, 0.1) is 0 Å². The van der Waals surface area contributed by atoms with Crippen LogP contribution in [0.1, 0.15) is 0 Å². The smallest absolute Gasteiger partial charge is 0.322 e. The van der Waals surface area contributed by atoms with Crippen LogP contribution in [0.2, 0.25) is 0 Å². The van der Waals surface area contributed by atoms with Gasteiger partial charge in [-0.2, -0.15) is 0 Å². The predicted molar refractivity (Wildman–Crippen MR) is 54.7 cm³/mol. The van der Waals surface area contributed by atoms with Gasteiger partial charge in [-0.15, -0.1) is 0 Å². The lowest BCUT2D eigenvalue weighted by molar-refractivity contribution is -0.134. The summed E-state index contributed by atoms with van der Waals surface area (Å²) < 4.78 is 0.758. The maximum atomic E-state index is 10.2. The zero-order valence-corrected chi connectivity index (χ0v) is 8.34.